The Morgan fingerprint density at radius 2 is 2.38 bits per heavy atom. The molecule has 2 aliphatic rings. The molecule has 1 aliphatic heterocycles. The molecule has 1 heterocycles. The topological polar surface area (TPSA) is 52.9 Å². The van der Waals surface area contributed by atoms with Crippen LogP contribution < -0.4 is 5.32 Å². The second-order valence-corrected chi connectivity index (χ2v) is 4.07. The quantitative estimate of drug-likeness (QED) is 0.687. The van der Waals surface area contributed by atoms with Crippen LogP contribution in [-0.2, 0) is 4.79 Å². The van der Waals surface area contributed by atoms with Crippen LogP contribution in [0.2, 0.25) is 0 Å². The van der Waals surface area contributed by atoms with E-state index in [0.29, 0.717) is 12.5 Å². The largest absolute Gasteiger partial charge is 0.354 e. The van der Waals surface area contributed by atoms with Crippen LogP contribution >= 0.6 is 0 Å². The summed E-state index contributed by atoms with van der Waals surface area (Å²) in [5, 5.41) is 12.0. The standard InChI is InChI=1S/C10H14N2O/c1-2-7-5-12-9(13)10(7,6-11)8-3-4-8/h7-8H,2-5H2,1H3,(H,12,13)/t7-,10?/m1/s1. The third kappa shape index (κ3) is 0.980. The first kappa shape index (κ1) is 8.55. The van der Waals surface area contributed by atoms with Crippen molar-refractivity contribution in [1.29, 1.82) is 5.26 Å². The van der Waals surface area contributed by atoms with Gasteiger partial charge < -0.3 is 5.32 Å². The lowest BCUT2D eigenvalue weighted by Gasteiger charge is -2.23. The van der Waals surface area contributed by atoms with E-state index < -0.39 is 5.41 Å². The van der Waals surface area contributed by atoms with Crippen molar-refractivity contribution >= 4 is 5.91 Å². The van der Waals surface area contributed by atoms with Crippen LogP contribution in [0.1, 0.15) is 26.2 Å². The summed E-state index contributed by atoms with van der Waals surface area (Å²) in [5.74, 6) is 0.548. The van der Waals surface area contributed by atoms with Gasteiger partial charge in [0.05, 0.1) is 6.07 Å². The molecule has 70 valence electrons. The number of nitrogens with one attached hydrogen (secondary N) is 1. The molecule has 13 heavy (non-hydrogen) atoms. The van der Waals surface area contributed by atoms with Crippen LogP contribution in [0.3, 0.4) is 0 Å². The summed E-state index contributed by atoms with van der Waals surface area (Å²) >= 11 is 0. The Morgan fingerprint density at radius 1 is 1.69 bits per heavy atom. The van der Waals surface area contributed by atoms with E-state index in [-0.39, 0.29) is 11.8 Å². The number of carbonyl (C=O) groups excluding carboxylic acids is 1. The van der Waals surface area contributed by atoms with Gasteiger partial charge in [-0.2, -0.15) is 5.26 Å². The molecule has 1 N–H and O–H groups in total. The van der Waals surface area contributed by atoms with E-state index in [0.717, 1.165) is 19.3 Å². The predicted octanol–water partition coefficient (Wildman–Crippen LogP) is 1.06. The highest BCUT2D eigenvalue weighted by molar-refractivity contribution is 5.88. The maximum absolute atomic E-state index is 11.6. The number of nitriles is 1. The first-order chi connectivity index (χ1) is 6.25. The van der Waals surface area contributed by atoms with Crippen molar-refractivity contribution in [3.8, 4) is 6.07 Å². The van der Waals surface area contributed by atoms with Gasteiger partial charge >= 0.3 is 0 Å². The average molecular weight is 178 g/mol. The van der Waals surface area contributed by atoms with E-state index in [9.17, 15) is 10.1 Å². The maximum atomic E-state index is 11.6. The molecule has 0 aromatic rings. The van der Waals surface area contributed by atoms with Crippen LogP contribution in [0.25, 0.3) is 0 Å². The molecule has 2 rings (SSSR count). The van der Waals surface area contributed by atoms with E-state index in [1.165, 1.54) is 0 Å². The molecule has 2 fully saturated rings. The minimum Gasteiger partial charge on any atom is -0.354 e. The number of rotatable bonds is 2. The summed E-state index contributed by atoms with van der Waals surface area (Å²) in [6.45, 7) is 2.75. The highest BCUT2D eigenvalue weighted by Crippen LogP contribution is 2.52. The van der Waals surface area contributed by atoms with Gasteiger partial charge in [-0.15, -0.1) is 0 Å². The van der Waals surface area contributed by atoms with E-state index in [1.54, 1.807) is 0 Å². The molecule has 0 aromatic heterocycles. The van der Waals surface area contributed by atoms with Crippen molar-refractivity contribution in [1.82, 2.24) is 5.32 Å². The van der Waals surface area contributed by atoms with Gasteiger partial charge in [-0.1, -0.05) is 6.92 Å². The summed E-state index contributed by atoms with van der Waals surface area (Å²) < 4.78 is 0. The Balaban J connectivity index is 2.33. The van der Waals surface area contributed by atoms with Crippen molar-refractivity contribution < 1.29 is 4.79 Å². The van der Waals surface area contributed by atoms with Crippen LogP contribution in [-0.4, -0.2) is 12.5 Å². The van der Waals surface area contributed by atoms with E-state index in [2.05, 4.69) is 18.3 Å². The normalized spacial score (nSPS) is 38.5. The van der Waals surface area contributed by atoms with Gasteiger partial charge in [-0.25, -0.2) is 0 Å². The Morgan fingerprint density at radius 3 is 2.85 bits per heavy atom. The predicted molar refractivity (Wildman–Crippen MR) is 47.6 cm³/mol. The third-order valence-corrected chi connectivity index (χ3v) is 3.43. The number of amides is 1. The van der Waals surface area contributed by atoms with E-state index in [1.807, 2.05) is 0 Å². The van der Waals surface area contributed by atoms with Crippen molar-refractivity contribution in [2.45, 2.75) is 26.2 Å². The monoisotopic (exact) mass is 178 g/mol. The van der Waals surface area contributed by atoms with Gasteiger partial charge in [0.15, 0.2) is 0 Å². The molecule has 3 nitrogen and oxygen atoms in total. The first-order valence-corrected chi connectivity index (χ1v) is 4.95. The van der Waals surface area contributed by atoms with Crippen LogP contribution in [0.15, 0.2) is 0 Å². The minimum atomic E-state index is -0.672. The molecular weight excluding hydrogens is 164 g/mol. The Kier molecular flexibility index (Phi) is 1.80. The molecule has 3 heteroatoms. The highest BCUT2D eigenvalue weighted by atomic mass is 16.2. The lowest BCUT2D eigenvalue weighted by molar-refractivity contribution is -0.127. The van der Waals surface area contributed by atoms with Crippen molar-refractivity contribution in [3.05, 3.63) is 0 Å². The second kappa shape index (κ2) is 2.73. The van der Waals surface area contributed by atoms with Crippen LogP contribution in [0, 0.1) is 28.6 Å². The maximum Gasteiger partial charge on any atom is 0.241 e. The summed E-state index contributed by atoms with van der Waals surface area (Å²) in [5.41, 5.74) is -0.672. The average Bonchev–Trinajstić information content (AvgIpc) is 2.92. The van der Waals surface area contributed by atoms with E-state index in [4.69, 9.17) is 0 Å². The Bertz CT molecular complexity index is 277. The molecule has 0 bridgehead atoms. The number of hydrogen-bond donors (Lipinski definition) is 1. The summed E-state index contributed by atoms with van der Waals surface area (Å²) in [7, 11) is 0. The second-order valence-electron chi connectivity index (χ2n) is 4.07. The van der Waals surface area contributed by atoms with E-state index >= 15 is 0 Å². The Labute approximate surface area is 78.1 Å². The van der Waals surface area contributed by atoms with Gasteiger partial charge in [0.1, 0.15) is 5.41 Å². The van der Waals surface area contributed by atoms with Crippen LogP contribution in [0.4, 0.5) is 0 Å². The highest BCUT2D eigenvalue weighted by Gasteiger charge is 2.58. The Hall–Kier alpha value is -1.04. The number of nitrogens with zero attached hydrogens (tertiary/aromatic N) is 1. The SMILES string of the molecule is CC[C@@H]1CNC(=O)C1(C#N)C1CC1. The molecular formula is C10H14N2O. The zero-order valence-corrected chi connectivity index (χ0v) is 7.84. The molecule has 0 radical (unpaired) electrons. The zero-order valence-electron chi connectivity index (χ0n) is 7.84. The van der Waals surface area contributed by atoms with Crippen molar-refractivity contribution in [2.75, 3.05) is 6.54 Å². The molecule has 1 saturated carbocycles. The lowest BCUT2D eigenvalue weighted by atomic mass is 9.73. The van der Waals surface area contributed by atoms with Gasteiger partial charge in [0.2, 0.25) is 5.91 Å². The van der Waals surface area contributed by atoms with Gasteiger partial charge in [0.25, 0.3) is 0 Å². The van der Waals surface area contributed by atoms with Gasteiger partial charge in [-0.3, -0.25) is 4.79 Å². The van der Waals surface area contributed by atoms with Crippen molar-refractivity contribution in [3.63, 3.8) is 0 Å². The van der Waals surface area contributed by atoms with Crippen molar-refractivity contribution in [2.24, 2.45) is 17.3 Å². The zero-order chi connectivity index (χ0) is 9.47. The van der Waals surface area contributed by atoms with Gasteiger partial charge in [0, 0.05) is 12.5 Å². The first-order valence-electron chi connectivity index (χ1n) is 4.95. The molecule has 1 saturated heterocycles. The lowest BCUT2D eigenvalue weighted by Crippen LogP contribution is -2.35. The summed E-state index contributed by atoms with van der Waals surface area (Å²) in [6, 6.07) is 2.28. The van der Waals surface area contributed by atoms with Crippen LogP contribution in [0.5, 0.6) is 0 Å². The fourth-order valence-corrected chi connectivity index (χ4v) is 2.47. The molecule has 0 spiro atoms. The third-order valence-electron chi connectivity index (χ3n) is 3.43. The summed E-state index contributed by atoms with van der Waals surface area (Å²) in [4.78, 5) is 11.6. The molecule has 0 aromatic carbocycles. The molecule has 2 atom stereocenters. The number of carbonyl (C=O) groups is 1. The fraction of sp³-hybridized carbons (Fsp3) is 0.800. The molecule has 1 aliphatic carbocycles. The fourth-order valence-electron chi connectivity index (χ4n) is 2.47. The summed E-state index contributed by atoms with van der Waals surface area (Å²) in [6.07, 6.45) is 3.03. The molecule has 1 amide bonds. The smallest absolute Gasteiger partial charge is 0.241 e. The number of hydrogen-bond acceptors (Lipinski definition) is 2. The minimum absolute atomic E-state index is 0.0237. The molecule has 1 unspecified atom stereocenters. The van der Waals surface area contributed by atoms with Gasteiger partial charge in [-0.05, 0) is 25.2 Å².